The Bertz CT molecular complexity index is 509. The molecule has 2 rings (SSSR count). The smallest absolute Gasteiger partial charge is 0.153 e. The Labute approximate surface area is 81.0 Å². The third-order valence-corrected chi connectivity index (χ3v) is 2.45. The van der Waals surface area contributed by atoms with Gasteiger partial charge in [0.1, 0.15) is 17.1 Å². The molecule has 0 aliphatic heterocycles. The summed E-state index contributed by atoms with van der Waals surface area (Å²) in [6.07, 6.45) is 0.613. The van der Waals surface area contributed by atoms with Crippen LogP contribution in [0.4, 0.5) is 0 Å². The fourth-order valence-electron chi connectivity index (χ4n) is 1.49. The second kappa shape index (κ2) is 2.87. The number of aryl methyl sites for hydroxylation is 2. The van der Waals surface area contributed by atoms with Crippen molar-refractivity contribution in [2.24, 2.45) is 0 Å². The van der Waals surface area contributed by atoms with E-state index in [2.05, 4.69) is 0 Å². The predicted molar refractivity (Wildman–Crippen MR) is 52.7 cm³/mol. The Hall–Kier alpha value is -1.77. The van der Waals surface area contributed by atoms with Gasteiger partial charge in [0, 0.05) is 5.39 Å². The molecule has 0 aliphatic rings. The minimum absolute atomic E-state index is 0.00333. The standard InChI is InChI=1S/C11H10O3/c1-6-7(2)14-11-3-8(5-12)10(13)4-9(6)11/h3-5,13H,1-2H3. The van der Waals surface area contributed by atoms with Crippen molar-refractivity contribution < 1.29 is 14.3 Å². The molecule has 0 saturated carbocycles. The second-order valence-corrected chi connectivity index (χ2v) is 3.31. The summed E-state index contributed by atoms with van der Waals surface area (Å²) in [5.74, 6) is 0.804. The first-order valence-corrected chi connectivity index (χ1v) is 4.31. The predicted octanol–water partition coefficient (Wildman–Crippen LogP) is 2.57. The maximum Gasteiger partial charge on any atom is 0.153 e. The molecule has 0 aliphatic carbocycles. The van der Waals surface area contributed by atoms with Gasteiger partial charge in [-0.15, -0.1) is 0 Å². The van der Waals surface area contributed by atoms with Crippen LogP contribution in [0.25, 0.3) is 11.0 Å². The lowest BCUT2D eigenvalue weighted by atomic mass is 10.1. The highest BCUT2D eigenvalue weighted by molar-refractivity contribution is 5.91. The van der Waals surface area contributed by atoms with Crippen LogP contribution >= 0.6 is 0 Å². The van der Waals surface area contributed by atoms with Gasteiger partial charge in [0.2, 0.25) is 0 Å². The quantitative estimate of drug-likeness (QED) is 0.703. The van der Waals surface area contributed by atoms with E-state index < -0.39 is 0 Å². The molecule has 1 N–H and O–H groups in total. The van der Waals surface area contributed by atoms with Crippen LogP contribution in [0.3, 0.4) is 0 Å². The van der Waals surface area contributed by atoms with Gasteiger partial charge in [-0.3, -0.25) is 4.79 Å². The summed E-state index contributed by atoms with van der Waals surface area (Å²) in [7, 11) is 0. The Kier molecular flexibility index (Phi) is 1.81. The van der Waals surface area contributed by atoms with Gasteiger partial charge < -0.3 is 9.52 Å². The molecule has 0 amide bonds. The van der Waals surface area contributed by atoms with Gasteiger partial charge in [-0.2, -0.15) is 0 Å². The summed E-state index contributed by atoms with van der Waals surface area (Å²) >= 11 is 0. The molecule has 1 heterocycles. The molecule has 0 spiro atoms. The second-order valence-electron chi connectivity index (χ2n) is 3.31. The highest BCUT2D eigenvalue weighted by Gasteiger charge is 2.10. The van der Waals surface area contributed by atoms with Crippen LogP contribution in [0, 0.1) is 13.8 Å². The highest BCUT2D eigenvalue weighted by Crippen LogP contribution is 2.29. The zero-order chi connectivity index (χ0) is 10.3. The number of carbonyl (C=O) groups excluding carboxylic acids is 1. The summed E-state index contributed by atoms with van der Waals surface area (Å²) in [4.78, 5) is 10.6. The maximum atomic E-state index is 10.6. The van der Waals surface area contributed by atoms with Crippen LogP contribution in [0.5, 0.6) is 5.75 Å². The summed E-state index contributed by atoms with van der Waals surface area (Å²) < 4.78 is 5.43. The minimum atomic E-state index is -0.00333. The van der Waals surface area contributed by atoms with Gasteiger partial charge in [0.25, 0.3) is 0 Å². The number of rotatable bonds is 1. The Morgan fingerprint density at radius 1 is 1.36 bits per heavy atom. The maximum absolute atomic E-state index is 10.6. The van der Waals surface area contributed by atoms with Crippen molar-refractivity contribution in [2.45, 2.75) is 13.8 Å². The fraction of sp³-hybridized carbons (Fsp3) is 0.182. The number of furan rings is 1. The van der Waals surface area contributed by atoms with Crippen molar-refractivity contribution in [2.75, 3.05) is 0 Å². The molecule has 0 atom stereocenters. The van der Waals surface area contributed by atoms with Crippen LogP contribution in [-0.4, -0.2) is 11.4 Å². The summed E-state index contributed by atoms with van der Waals surface area (Å²) in [6, 6.07) is 3.11. The molecule has 14 heavy (non-hydrogen) atoms. The molecule has 0 bridgehead atoms. The van der Waals surface area contributed by atoms with Crippen LogP contribution in [0.15, 0.2) is 16.5 Å². The average Bonchev–Trinajstić information content (AvgIpc) is 2.43. The molecule has 3 nitrogen and oxygen atoms in total. The van der Waals surface area contributed by atoms with E-state index >= 15 is 0 Å². The van der Waals surface area contributed by atoms with Crippen molar-refractivity contribution in [3.05, 3.63) is 29.0 Å². The Morgan fingerprint density at radius 2 is 2.07 bits per heavy atom. The number of carbonyl (C=O) groups is 1. The van der Waals surface area contributed by atoms with Crippen molar-refractivity contribution >= 4 is 17.3 Å². The van der Waals surface area contributed by atoms with Gasteiger partial charge in [-0.05, 0) is 31.5 Å². The van der Waals surface area contributed by atoms with Crippen molar-refractivity contribution in [3.8, 4) is 5.75 Å². The number of phenols is 1. The van der Waals surface area contributed by atoms with E-state index in [9.17, 15) is 9.90 Å². The lowest BCUT2D eigenvalue weighted by molar-refractivity contribution is 0.112. The molecule has 0 unspecified atom stereocenters. The van der Waals surface area contributed by atoms with E-state index in [1.165, 1.54) is 0 Å². The number of fused-ring (bicyclic) bond motifs is 1. The SMILES string of the molecule is Cc1oc2cc(C=O)c(O)cc2c1C. The fourth-order valence-corrected chi connectivity index (χ4v) is 1.49. The van der Waals surface area contributed by atoms with E-state index in [1.54, 1.807) is 12.1 Å². The number of benzene rings is 1. The topological polar surface area (TPSA) is 50.4 Å². The van der Waals surface area contributed by atoms with Gasteiger partial charge in [-0.1, -0.05) is 0 Å². The molecule has 1 aromatic heterocycles. The number of aromatic hydroxyl groups is 1. The van der Waals surface area contributed by atoms with Gasteiger partial charge in [0.15, 0.2) is 6.29 Å². The monoisotopic (exact) mass is 190 g/mol. The van der Waals surface area contributed by atoms with Crippen molar-refractivity contribution in [1.82, 2.24) is 0 Å². The normalized spacial score (nSPS) is 10.7. The molecular formula is C11H10O3. The first-order chi connectivity index (χ1) is 6.63. The van der Waals surface area contributed by atoms with E-state index in [-0.39, 0.29) is 11.3 Å². The van der Waals surface area contributed by atoms with Gasteiger partial charge in [0.05, 0.1) is 5.56 Å². The zero-order valence-electron chi connectivity index (χ0n) is 8.00. The highest BCUT2D eigenvalue weighted by atomic mass is 16.3. The number of phenolic OH excluding ortho intramolecular Hbond substituents is 1. The summed E-state index contributed by atoms with van der Waals surface area (Å²) in [6.45, 7) is 3.77. The molecule has 2 aromatic rings. The molecule has 0 radical (unpaired) electrons. The number of hydrogen-bond donors (Lipinski definition) is 1. The third-order valence-electron chi connectivity index (χ3n) is 2.45. The summed E-state index contributed by atoms with van der Waals surface area (Å²) in [5.41, 5.74) is 1.89. The molecule has 3 heteroatoms. The Balaban J connectivity index is 2.85. The summed E-state index contributed by atoms with van der Waals surface area (Å²) in [5, 5.41) is 10.3. The van der Waals surface area contributed by atoms with Crippen LogP contribution in [0.1, 0.15) is 21.7 Å². The molecule has 1 aromatic carbocycles. The number of aldehydes is 1. The first-order valence-electron chi connectivity index (χ1n) is 4.31. The third kappa shape index (κ3) is 1.09. The Morgan fingerprint density at radius 3 is 2.71 bits per heavy atom. The van der Waals surface area contributed by atoms with Gasteiger partial charge >= 0.3 is 0 Å². The minimum Gasteiger partial charge on any atom is -0.507 e. The lowest BCUT2D eigenvalue weighted by Crippen LogP contribution is -1.80. The average molecular weight is 190 g/mol. The first kappa shape index (κ1) is 8.81. The van der Waals surface area contributed by atoms with Crippen molar-refractivity contribution in [1.29, 1.82) is 0 Å². The zero-order valence-corrected chi connectivity index (χ0v) is 8.00. The van der Waals surface area contributed by atoms with E-state index in [0.29, 0.717) is 11.9 Å². The molecule has 0 saturated heterocycles. The van der Waals surface area contributed by atoms with Crippen molar-refractivity contribution in [3.63, 3.8) is 0 Å². The van der Waals surface area contributed by atoms with Crippen LogP contribution < -0.4 is 0 Å². The van der Waals surface area contributed by atoms with E-state index in [0.717, 1.165) is 16.7 Å². The molecule has 0 fully saturated rings. The largest absolute Gasteiger partial charge is 0.507 e. The number of hydrogen-bond acceptors (Lipinski definition) is 3. The molecular weight excluding hydrogens is 180 g/mol. The van der Waals surface area contributed by atoms with Gasteiger partial charge in [-0.25, -0.2) is 0 Å². The lowest BCUT2D eigenvalue weighted by Gasteiger charge is -1.96. The van der Waals surface area contributed by atoms with E-state index in [4.69, 9.17) is 4.42 Å². The van der Waals surface area contributed by atoms with E-state index in [1.807, 2.05) is 13.8 Å². The molecule has 72 valence electrons. The van der Waals surface area contributed by atoms with Crippen LogP contribution in [-0.2, 0) is 0 Å². The van der Waals surface area contributed by atoms with Crippen LogP contribution in [0.2, 0.25) is 0 Å².